The lowest BCUT2D eigenvalue weighted by atomic mass is 10.00. The van der Waals surface area contributed by atoms with Gasteiger partial charge < -0.3 is 24.8 Å². The number of hydrogen-bond acceptors (Lipinski definition) is 4. The second-order valence-corrected chi connectivity index (χ2v) is 10.4. The van der Waals surface area contributed by atoms with Crippen molar-refractivity contribution in [2.45, 2.75) is 43.8 Å². The quantitative estimate of drug-likeness (QED) is 0.261. The van der Waals surface area contributed by atoms with Crippen molar-refractivity contribution in [3.05, 3.63) is 109 Å². The van der Waals surface area contributed by atoms with Gasteiger partial charge in [0.15, 0.2) is 11.7 Å². The summed E-state index contributed by atoms with van der Waals surface area (Å²) >= 11 is 5.90. The first-order valence-corrected chi connectivity index (χ1v) is 13.8. The monoisotopic (exact) mass is 537 g/mol. The van der Waals surface area contributed by atoms with E-state index >= 15 is 0 Å². The van der Waals surface area contributed by atoms with Crippen molar-refractivity contribution in [2.24, 2.45) is 0 Å². The average molecular weight is 538 g/mol. The number of carbonyl (C=O) groups is 1. The molecule has 198 valence electrons. The topological polar surface area (TPSA) is 71.4 Å². The summed E-state index contributed by atoms with van der Waals surface area (Å²) in [6.07, 6.45) is 8.96. The fraction of sp³-hybridized carbons (Fsp3) is 0.258. The molecule has 7 nitrogen and oxygen atoms in total. The second kappa shape index (κ2) is 11.3. The standard InChI is InChI=1S/C31H31N5O2S/c37-28(21-38-25-11-2-1-3-12-25)33-22-15-17-24(18-16-22)36-30(27-14-8-20-35(27)23-9-4-5-10-23)29(34-31(36)39)26-13-6-7-19-32-26/h1-3,6-8,11-20,23,29-30H,4-5,9-10,21H2,(H,33,37)(H,34,39)/t29-,30+/m1/s1. The molecule has 2 aliphatic rings. The molecule has 1 amide bonds. The van der Waals surface area contributed by atoms with Crippen LogP contribution >= 0.6 is 12.2 Å². The molecular weight excluding hydrogens is 506 g/mol. The molecule has 6 rings (SSSR count). The molecule has 0 spiro atoms. The van der Waals surface area contributed by atoms with Crippen molar-refractivity contribution in [1.82, 2.24) is 14.9 Å². The Kier molecular flexibility index (Phi) is 7.27. The fourth-order valence-electron chi connectivity index (χ4n) is 5.67. The molecule has 0 bridgehead atoms. The van der Waals surface area contributed by atoms with Crippen LogP contribution in [0.1, 0.15) is 55.2 Å². The van der Waals surface area contributed by atoms with Crippen LogP contribution in [0.4, 0.5) is 11.4 Å². The van der Waals surface area contributed by atoms with Crippen molar-refractivity contribution in [1.29, 1.82) is 0 Å². The van der Waals surface area contributed by atoms with Gasteiger partial charge in [-0.2, -0.15) is 0 Å². The Labute approximate surface area is 233 Å². The van der Waals surface area contributed by atoms with Crippen LogP contribution in [-0.4, -0.2) is 27.2 Å². The van der Waals surface area contributed by atoms with E-state index < -0.39 is 0 Å². The Bertz CT molecular complexity index is 1420. The lowest BCUT2D eigenvalue weighted by Crippen LogP contribution is -2.30. The van der Waals surface area contributed by atoms with E-state index in [2.05, 4.69) is 49.5 Å². The van der Waals surface area contributed by atoms with Crippen LogP contribution in [0, 0.1) is 0 Å². The Morgan fingerprint density at radius 1 is 0.974 bits per heavy atom. The Morgan fingerprint density at radius 2 is 1.74 bits per heavy atom. The number of thiocarbonyl (C=S) groups is 1. The number of hydrogen-bond donors (Lipinski definition) is 2. The first-order chi connectivity index (χ1) is 19.2. The zero-order valence-corrected chi connectivity index (χ0v) is 22.4. The molecule has 0 unspecified atom stereocenters. The number of aromatic nitrogens is 2. The summed E-state index contributed by atoms with van der Waals surface area (Å²) in [5, 5.41) is 7.12. The summed E-state index contributed by atoms with van der Waals surface area (Å²) in [6.45, 7) is -0.0577. The van der Waals surface area contributed by atoms with Gasteiger partial charge in [-0.25, -0.2) is 0 Å². The number of nitrogens with zero attached hydrogens (tertiary/aromatic N) is 3. The van der Waals surface area contributed by atoms with Gasteiger partial charge in [-0.1, -0.05) is 37.1 Å². The van der Waals surface area contributed by atoms with Gasteiger partial charge in [0, 0.05) is 35.5 Å². The zero-order chi connectivity index (χ0) is 26.6. The number of anilines is 2. The normalized spacial score (nSPS) is 19.2. The van der Waals surface area contributed by atoms with Gasteiger partial charge in [0.2, 0.25) is 0 Å². The highest BCUT2D eigenvalue weighted by Gasteiger charge is 2.42. The summed E-state index contributed by atoms with van der Waals surface area (Å²) in [7, 11) is 0. The van der Waals surface area contributed by atoms with E-state index in [0.717, 1.165) is 11.4 Å². The summed E-state index contributed by atoms with van der Waals surface area (Å²) in [4.78, 5) is 19.3. The van der Waals surface area contributed by atoms with Gasteiger partial charge in [-0.15, -0.1) is 0 Å². The van der Waals surface area contributed by atoms with Crippen LogP contribution in [-0.2, 0) is 4.79 Å². The van der Waals surface area contributed by atoms with Gasteiger partial charge >= 0.3 is 0 Å². The van der Waals surface area contributed by atoms with E-state index in [9.17, 15) is 4.79 Å². The van der Waals surface area contributed by atoms with E-state index in [1.807, 2.05) is 72.9 Å². The smallest absolute Gasteiger partial charge is 0.262 e. The van der Waals surface area contributed by atoms with Crippen molar-refractivity contribution in [2.75, 3.05) is 16.8 Å². The summed E-state index contributed by atoms with van der Waals surface area (Å²) in [5.74, 6) is 0.446. The van der Waals surface area contributed by atoms with Crippen LogP contribution in [0.3, 0.4) is 0 Å². The molecule has 2 fully saturated rings. The largest absolute Gasteiger partial charge is 0.484 e. The van der Waals surface area contributed by atoms with Gasteiger partial charge in [-0.3, -0.25) is 9.78 Å². The maximum Gasteiger partial charge on any atom is 0.262 e. The van der Waals surface area contributed by atoms with E-state index in [-0.39, 0.29) is 24.6 Å². The minimum atomic E-state index is -0.215. The average Bonchev–Trinajstić information content (AvgIpc) is 3.73. The van der Waals surface area contributed by atoms with E-state index in [0.29, 0.717) is 22.6 Å². The van der Waals surface area contributed by atoms with Gasteiger partial charge in [-0.05, 0) is 85.7 Å². The molecule has 2 atom stereocenters. The minimum Gasteiger partial charge on any atom is -0.484 e. The predicted octanol–water partition coefficient (Wildman–Crippen LogP) is 6.19. The molecular formula is C31H31N5O2S. The third-order valence-corrected chi connectivity index (χ3v) is 7.79. The number of carbonyl (C=O) groups excluding carboxylic acids is 1. The van der Waals surface area contributed by atoms with Crippen LogP contribution in [0.5, 0.6) is 5.75 Å². The number of rotatable bonds is 8. The lowest BCUT2D eigenvalue weighted by Gasteiger charge is -2.30. The summed E-state index contributed by atoms with van der Waals surface area (Å²) < 4.78 is 8.01. The van der Waals surface area contributed by atoms with Crippen molar-refractivity contribution >= 4 is 34.6 Å². The van der Waals surface area contributed by atoms with Crippen LogP contribution in [0.15, 0.2) is 97.3 Å². The zero-order valence-electron chi connectivity index (χ0n) is 21.6. The number of pyridine rings is 1. The number of amides is 1. The van der Waals surface area contributed by atoms with Crippen LogP contribution < -0.4 is 20.3 Å². The number of ether oxygens (including phenoxy) is 1. The van der Waals surface area contributed by atoms with Crippen molar-refractivity contribution in [3.8, 4) is 5.75 Å². The first-order valence-electron chi connectivity index (χ1n) is 13.4. The first kappa shape index (κ1) is 25.1. The van der Waals surface area contributed by atoms with Crippen molar-refractivity contribution < 1.29 is 9.53 Å². The molecule has 0 radical (unpaired) electrons. The van der Waals surface area contributed by atoms with E-state index in [1.54, 1.807) is 0 Å². The highest BCUT2D eigenvalue weighted by Crippen LogP contribution is 2.43. The van der Waals surface area contributed by atoms with E-state index in [4.69, 9.17) is 17.0 Å². The summed E-state index contributed by atoms with van der Waals surface area (Å²) in [6, 6.07) is 27.8. The van der Waals surface area contributed by atoms with Crippen LogP contribution in [0.2, 0.25) is 0 Å². The Morgan fingerprint density at radius 3 is 2.49 bits per heavy atom. The molecule has 3 heterocycles. The van der Waals surface area contributed by atoms with Crippen LogP contribution in [0.25, 0.3) is 0 Å². The predicted molar refractivity (Wildman–Crippen MR) is 157 cm³/mol. The molecule has 2 aromatic carbocycles. The maximum absolute atomic E-state index is 12.5. The number of benzene rings is 2. The Balaban J connectivity index is 1.25. The van der Waals surface area contributed by atoms with Gasteiger partial charge in [0.25, 0.3) is 5.91 Å². The maximum atomic E-state index is 12.5. The molecule has 1 aliphatic heterocycles. The molecule has 8 heteroatoms. The highest BCUT2D eigenvalue weighted by atomic mass is 32.1. The van der Waals surface area contributed by atoms with Gasteiger partial charge in [0.1, 0.15) is 11.8 Å². The number of para-hydroxylation sites is 1. The Hall–Kier alpha value is -4.17. The highest BCUT2D eigenvalue weighted by molar-refractivity contribution is 7.80. The summed E-state index contributed by atoms with van der Waals surface area (Å²) in [5.41, 5.74) is 3.83. The fourth-order valence-corrected chi connectivity index (χ4v) is 6.02. The molecule has 2 N–H and O–H groups in total. The lowest BCUT2D eigenvalue weighted by molar-refractivity contribution is -0.118. The second-order valence-electron chi connectivity index (χ2n) is 9.97. The molecule has 4 aromatic rings. The molecule has 1 saturated heterocycles. The molecule has 1 saturated carbocycles. The SMILES string of the molecule is O=C(COc1ccccc1)Nc1ccc(N2C(=S)N[C@H](c3ccccn3)[C@@H]2c2cccn2C2CCCC2)cc1. The third kappa shape index (κ3) is 5.38. The molecule has 39 heavy (non-hydrogen) atoms. The molecule has 1 aliphatic carbocycles. The third-order valence-electron chi connectivity index (χ3n) is 7.47. The van der Waals surface area contributed by atoms with Crippen molar-refractivity contribution in [3.63, 3.8) is 0 Å². The number of nitrogens with one attached hydrogen (secondary N) is 2. The molecule has 2 aromatic heterocycles. The van der Waals surface area contributed by atoms with E-state index in [1.165, 1.54) is 31.4 Å². The minimum absolute atomic E-state index is 0.0577. The van der Waals surface area contributed by atoms with Gasteiger partial charge in [0.05, 0.1) is 11.7 Å².